The number of rotatable bonds is 6. The molecular formula is C20H25N3O2. The average Bonchev–Trinajstić information content (AvgIpc) is 2.65. The van der Waals surface area contributed by atoms with Gasteiger partial charge in [0.25, 0.3) is 0 Å². The topological polar surface area (TPSA) is 53.6 Å². The predicted octanol–water partition coefficient (Wildman–Crippen LogP) is 2.81. The highest BCUT2D eigenvalue weighted by Gasteiger charge is 2.10. The van der Waals surface area contributed by atoms with Crippen molar-refractivity contribution in [3.05, 3.63) is 54.1 Å². The third-order valence-corrected chi connectivity index (χ3v) is 4.25. The van der Waals surface area contributed by atoms with Crippen LogP contribution in [0.3, 0.4) is 0 Å². The van der Waals surface area contributed by atoms with E-state index in [1.807, 2.05) is 43.3 Å². The Balaban J connectivity index is 1.43. The molecule has 2 aromatic rings. The molecule has 0 saturated carbocycles. The van der Waals surface area contributed by atoms with Gasteiger partial charge in [0.05, 0.1) is 13.0 Å². The van der Waals surface area contributed by atoms with Gasteiger partial charge in [0.15, 0.2) is 0 Å². The number of nitrogens with one attached hydrogen (secondary N) is 2. The van der Waals surface area contributed by atoms with Gasteiger partial charge in [0, 0.05) is 37.6 Å². The Kier molecular flexibility index (Phi) is 5.90. The first-order valence-corrected chi connectivity index (χ1v) is 8.76. The quantitative estimate of drug-likeness (QED) is 0.850. The lowest BCUT2D eigenvalue weighted by molar-refractivity contribution is -0.116. The van der Waals surface area contributed by atoms with Crippen LogP contribution in [0.1, 0.15) is 12.0 Å². The maximum absolute atomic E-state index is 12.0. The number of carbonyl (C=O) groups excluding carboxylic acids is 1. The fraction of sp³-hybridized carbons (Fsp3) is 0.350. The van der Waals surface area contributed by atoms with Crippen molar-refractivity contribution in [1.82, 2.24) is 5.32 Å². The molecule has 5 heteroatoms. The summed E-state index contributed by atoms with van der Waals surface area (Å²) in [6.45, 7) is 6.46. The molecule has 1 amide bonds. The van der Waals surface area contributed by atoms with Gasteiger partial charge in [-0.1, -0.05) is 17.7 Å². The van der Waals surface area contributed by atoms with Gasteiger partial charge in [-0.2, -0.15) is 0 Å². The summed E-state index contributed by atoms with van der Waals surface area (Å²) in [5, 5.41) is 6.26. The van der Waals surface area contributed by atoms with Crippen molar-refractivity contribution in [2.45, 2.75) is 13.3 Å². The molecule has 3 rings (SSSR count). The minimum atomic E-state index is -0.0398. The van der Waals surface area contributed by atoms with Crippen molar-refractivity contribution in [1.29, 1.82) is 0 Å². The largest absolute Gasteiger partial charge is 0.493 e. The van der Waals surface area contributed by atoms with Crippen molar-refractivity contribution in [3.8, 4) is 5.75 Å². The highest BCUT2D eigenvalue weighted by Crippen LogP contribution is 2.18. The van der Waals surface area contributed by atoms with Crippen LogP contribution in [0.15, 0.2) is 48.5 Å². The molecule has 0 bridgehead atoms. The number of amides is 1. The summed E-state index contributed by atoms with van der Waals surface area (Å²) < 4.78 is 5.59. The number of nitrogens with zero attached hydrogens (tertiary/aromatic N) is 1. The molecule has 0 unspecified atom stereocenters. The van der Waals surface area contributed by atoms with E-state index in [1.54, 1.807) is 0 Å². The molecular weight excluding hydrogens is 314 g/mol. The Morgan fingerprint density at radius 2 is 1.76 bits per heavy atom. The highest BCUT2D eigenvalue weighted by atomic mass is 16.5. The summed E-state index contributed by atoms with van der Waals surface area (Å²) in [6.07, 6.45) is 0.327. The number of piperazine rings is 1. The van der Waals surface area contributed by atoms with Crippen molar-refractivity contribution >= 4 is 17.3 Å². The fourth-order valence-corrected chi connectivity index (χ4v) is 2.80. The summed E-state index contributed by atoms with van der Waals surface area (Å²) in [4.78, 5) is 14.4. The van der Waals surface area contributed by atoms with Crippen molar-refractivity contribution in [3.63, 3.8) is 0 Å². The summed E-state index contributed by atoms with van der Waals surface area (Å²) in [6, 6.07) is 15.9. The molecule has 1 aliphatic heterocycles. The van der Waals surface area contributed by atoms with E-state index in [4.69, 9.17) is 4.74 Å². The molecule has 0 spiro atoms. The first kappa shape index (κ1) is 17.3. The van der Waals surface area contributed by atoms with E-state index in [0.717, 1.165) is 37.6 Å². The molecule has 1 fully saturated rings. The Labute approximate surface area is 149 Å². The molecule has 0 aliphatic carbocycles. The Hall–Kier alpha value is -2.53. The van der Waals surface area contributed by atoms with Crippen LogP contribution in [-0.4, -0.2) is 38.7 Å². The first-order chi connectivity index (χ1) is 12.2. The lowest BCUT2D eigenvalue weighted by Crippen LogP contribution is -2.43. The number of carbonyl (C=O) groups is 1. The van der Waals surface area contributed by atoms with Crippen LogP contribution in [-0.2, 0) is 4.79 Å². The second kappa shape index (κ2) is 8.53. The highest BCUT2D eigenvalue weighted by molar-refractivity contribution is 5.90. The monoisotopic (exact) mass is 339 g/mol. The third kappa shape index (κ3) is 5.22. The van der Waals surface area contributed by atoms with E-state index in [-0.39, 0.29) is 5.91 Å². The van der Waals surface area contributed by atoms with Crippen molar-refractivity contribution < 1.29 is 9.53 Å². The number of anilines is 2. The Bertz CT molecular complexity index is 677. The molecule has 0 radical (unpaired) electrons. The molecule has 2 aromatic carbocycles. The van der Waals surface area contributed by atoms with Gasteiger partial charge >= 0.3 is 0 Å². The van der Waals surface area contributed by atoms with Crippen molar-refractivity contribution in [2.75, 3.05) is 43.0 Å². The predicted molar refractivity (Wildman–Crippen MR) is 101 cm³/mol. The zero-order valence-electron chi connectivity index (χ0n) is 14.6. The van der Waals surface area contributed by atoms with Gasteiger partial charge in [-0.3, -0.25) is 4.79 Å². The minimum Gasteiger partial charge on any atom is -0.493 e. The third-order valence-electron chi connectivity index (χ3n) is 4.25. The lowest BCUT2D eigenvalue weighted by Gasteiger charge is -2.29. The number of aryl methyl sites for hydroxylation is 1. The summed E-state index contributed by atoms with van der Waals surface area (Å²) in [5.74, 6) is 0.751. The van der Waals surface area contributed by atoms with E-state index in [2.05, 4.69) is 27.7 Å². The summed E-state index contributed by atoms with van der Waals surface area (Å²) >= 11 is 0. The number of hydrogen-bond donors (Lipinski definition) is 2. The van der Waals surface area contributed by atoms with E-state index in [0.29, 0.717) is 13.0 Å². The molecule has 5 nitrogen and oxygen atoms in total. The van der Waals surface area contributed by atoms with Gasteiger partial charge in [-0.05, 0) is 43.3 Å². The molecule has 0 atom stereocenters. The molecule has 132 valence electrons. The molecule has 1 saturated heterocycles. The van der Waals surface area contributed by atoms with Crippen LogP contribution in [0.25, 0.3) is 0 Å². The zero-order chi connectivity index (χ0) is 17.5. The van der Waals surface area contributed by atoms with Crippen molar-refractivity contribution in [2.24, 2.45) is 0 Å². The van der Waals surface area contributed by atoms with E-state index >= 15 is 0 Å². The number of ether oxygens (including phenoxy) is 1. The van der Waals surface area contributed by atoms with E-state index < -0.39 is 0 Å². The van der Waals surface area contributed by atoms with Crippen LogP contribution < -0.4 is 20.3 Å². The van der Waals surface area contributed by atoms with Gasteiger partial charge in [0.1, 0.15) is 5.75 Å². The molecule has 0 aromatic heterocycles. The molecule has 2 N–H and O–H groups in total. The molecule has 25 heavy (non-hydrogen) atoms. The van der Waals surface area contributed by atoms with Gasteiger partial charge in [-0.25, -0.2) is 0 Å². The van der Waals surface area contributed by atoms with E-state index in [1.165, 1.54) is 11.3 Å². The summed E-state index contributed by atoms with van der Waals surface area (Å²) in [7, 11) is 0. The molecule has 1 heterocycles. The second-order valence-corrected chi connectivity index (χ2v) is 6.24. The Morgan fingerprint density at radius 3 is 2.44 bits per heavy atom. The number of benzene rings is 2. The molecule has 1 aliphatic rings. The second-order valence-electron chi connectivity index (χ2n) is 6.24. The zero-order valence-corrected chi connectivity index (χ0v) is 14.6. The minimum absolute atomic E-state index is 0.0398. The van der Waals surface area contributed by atoms with Crippen LogP contribution in [0, 0.1) is 6.92 Å². The Morgan fingerprint density at radius 1 is 1.08 bits per heavy atom. The average molecular weight is 339 g/mol. The smallest absolute Gasteiger partial charge is 0.227 e. The van der Waals surface area contributed by atoms with Crippen LogP contribution in [0.4, 0.5) is 11.4 Å². The van der Waals surface area contributed by atoms with Crippen LogP contribution >= 0.6 is 0 Å². The summed E-state index contributed by atoms with van der Waals surface area (Å²) in [5.41, 5.74) is 3.20. The van der Waals surface area contributed by atoms with Crippen LogP contribution in [0.2, 0.25) is 0 Å². The maximum atomic E-state index is 12.0. The number of hydrogen-bond acceptors (Lipinski definition) is 4. The standard InChI is InChI=1S/C20H25N3O2/c1-16-2-8-19(9-3-16)25-15-10-20(24)22-17-4-6-18(7-5-17)23-13-11-21-12-14-23/h2-9,21H,10-15H2,1H3,(H,22,24). The van der Waals surface area contributed by atoms with Gasteiger partial charge < -0.3 is 20.3 Å². The van der Waals surface area contributed by atoms with Crippen LogP contribution in [0.5, 0.6) is 5.75 Å². The lowest BCUT2D eigenvalue weighted by atomic mass is 10.2. The van der Waals surface area contributed by atoms with E-state index in [9.17, 15) is 4.79 Å². The van der Waals surface area contributed by atoms with Gasteiger partial charge in [-0.15, -0.1) is 0 Å². The fourth-order valence-electron chi connectivity index (χ4n) is 2.80. The first-order valence-electron chi connectivity index (χ1n) is 8.76. The maximum Gasteiger partial charge on any atom is 0.227 e. The SMILES string of the molecule is Cc1ccc(OCCC(=O)Nc2ccc(N3CCNCC3)cc2)cc1. The van der Waals surface area contributed by atoms with Gasteiger partial charge in [0.2, 0.25) is 5.91 Å². The normalized spacial score (nSPS) is 14.2.